The number of benzene rings is 2. The molecule has 192 valence electrons. The SMILES string of the molecule is CCOc1ccc(-c2ccc(N3CCN(S(=O)(=O)c4cc(C(C)C)ccc4OCC)CC3)nn2)cc1. The molecule has 8 nitrogen and oxygen atoms in total. The molecule has 1 fully saturated rings. The monoisotopic (exact) mass is 510 g/mol. The Morgan fingerprint density at radius 3 is 2.14 bits per heavy atom. The van der Waals surface area contributed by atoms with Gasteiger partial charge in [0.05, 0.1) is 18.9 Å². The van der Waals surface area contributed by atoms with E-state index in [-0.39, 0.29) is 10.8 Å². The maximum atomic E-state index is 13.6. The van der Waals surface area contributed by atoms with Crippen LogP contribution in [0.5, 0.6) is 11.5 Å². The molecule has 0 radical (unpaired) electrons. The van der Waals surface area contributed by atoms with Gasteiger partial charge in [-0.15, -0.1) is 10.2 Å². The summed E-state index contributed by atoms with van der Waals surface area (Å²) in [6, 6.07) is 17.1. The first-order chi connectivity index (χ1) is 17.3. The highest BCUT2D eigenvalue weighted by atomic mass is 32.2. The van der Waals surface area contributed by atoms with Gasteiger partial charge in [0.1, 0.15) is 16.4 Å². The lowest BCUT2D eigenvalue weighted by Gasteiger charge is -2.34. The van der Waals surface area contributed by atoms with Crippen LogP contribution in [0.25, 0.3) is 11.3 Å². The first-order valence-corrected chi connectivity index (χ1v) is 13.9. The van der Waals surface area contributed by atoms with Gasteiger partial charge in [-0.25, -0.2) is 8.42 Å². The molecule has 2 heterocycles. The molecule has 0 N–H and O–H groups in total. The normalized spacial score (nSPS) is 14.8. The third-order valence-electron chi connectivity index (χ3n) is 6.23. The smallest absolute Gasteiger partial charge is 0.246 e. The van der Waals surface area contributed by atoms with Gasteiger partial charge in [0.15, 0.2) is 5.82 Å². The van der Waals surface area contributed by atoms with Gasteiger partial charge in [-0.05, 0) is 73.9 Å². The number of hydrogen-bond acceptors (Lipinski definition) is 7. The second-order valence-corrected chi connectivity index (χ2v) is 10.8. The van der Waals surface area contributed by atoms with Crippen molar-refractivity contribution in [2.75, 3.05) is 44.3 Å². The molecule has 0 amide bonds. The van der Waals surface area contributed by atoms with Crippen molar-refractivity contribution < 1.29 is 17.9 Å². The molecule has 0 aliphatic carbocycles. The Balaban J connectivity index is 1.45. The van der Waals surface area contributed by atoms with E-state index >= 15 is 0 Å². The molecular weight excluding hydrogens is 476 g/mol. The Bertz CT molecular complexity index is 1250. The third-order valence-corrected chi connectivity index (χ3v) is 8.15. The number of aromatic nitrogens is 2. The van der Waals surface area contributed by atoms with Crippen molar-refractivity contribution in [3.05, 3.63) is 60.2 Å². The highest BCUT2D eigenvalue weighted by Gasteiger charge is 2.32. The third kappa shape index (κ3) is 5.63. The van der Waals surface area contributed by atoms with Crippen molar-refractivity contribution in [3.8, 4) is 22.8 Å². The molecule has 0 spiro atoms. The van der Waals surface area contributed by atoms with E-state index in [0.29, 0.717) is 45.1 Å². The summed E-state index contributed by atoms with van der Waals surface area (Å²) in [5, 5.41) is 8.80. The van der Waals surface area contributed by atoms with E-state index in [1.807, 2.05) is 70.2 Å². The number of nitrogens with zero attached hydrogens (tertiary/aromatic N) is 4. The number of anilines is 1. The van der Waals surface area contributed by atoms with Crippen LogP contribution in [0.1, 0.15) is 39.2 Å². The lowest BCUT2D eigenvalue weighted by Crippen LogP contribution is -2.49. The minimum atomic E-state index is -3.69. The average Bonchev–Trinajstić information content (AvgIpc) is 2.90. The van der Waals surface area contributed by atoms with Gasteiger partial charge in [-0.1, -0.05) is 19.9 Å². The first kappa shape index (κ1) is 25.9. The molecule has 0 bridgehead atoms. The number of hydrogen-bond donors (Lipinski definition) is 0. The van der Waals surface area contributed by atoms with Crippen LogP contribution in [-0.4, -0.2) is 62.3 Å². The zero-order valence-electron chi connectivity index (χ0n) is 21.3. The zero-order chi connectivity index (χ0) is 25.7. The summed E-state index contributed by atoms with van der Waals surface area (Å²) in [7, 11) is -3.69. The van der Waals surface area contributed by atoms with E-state index < -0.39 is 10.0 Å². The fraction of sp³-hybridized carbons (Fsp3) is 0.407. The van der Waals surface area contributed by atoms with E-state index in [9.17, 15) is 8.42 Å². The van der Waals surface area contributed by atoms with Crippen LogP contribution in [0, 0.1) is 0 Å². The van der Waals surface area contributed by atoms with Crippen molar-refractivity contribution in [1.82, 2.24) is 14.5 Å². The summed E-state index contributed by atoms with van der Waals surface area (Å²) >= 11 is 0. The van der Waals surface area contributed by atoms with Crippen molar-refractivity contribution in [2.24, 2.45) is 0 Å². The molecule has 0 unspecified atom stereocenters. The Hall–Kier alpha value is -3.17. The van der Waals surface area contributed by atoms with Gasteiger partial charge in [-0.3, -0.25) is 0 Å². The standard InChI is InChI=1S/C27H34N4O4S/c1-5-34-23-10-7-21(8-11-23)24-12-14-27(29-28-24)30-15-17-31(18-16-30)36(32,33)26-19-22(20(3)4)9-13-25(26)35-6-2/h7-14,19-20H,5-6,15-18H2,1-4H3. The van der Waals surface area contributed by atoms with Crippen LogP contribution in [-0.2, 0) is 10.0 Å². The fourth-order valence-corrected chi connectivity index (χ4v) is 5.78. The molecule has 9 heteroatoms. The van der Waals surface area contributed by atoms with Gasteiger partial charge >= 0.3 is 0 Å². The van der Waals surface area contributed by atoms with Gasteiger partial charge < -0.3 is 14.4 Å². The molecule has 36 heavy (non-hydrogen) atoms. The molecule has 1 aliphatic rings. The van der Waals surface area contributed by atoms with Crippen LogP contribution in [0.4, 0.5) is 5.82 Å². The van der Waals surface area contributed by atoms with E-state index in [2.05, 4.69) is 15.1 Å². The molecule has 0 atom stereocenters. The van der Waals surface area contributed by atoms with Crippen LogP contribution in [0.15, 0.2) is 59.5 Å². The second-order valence-electron chi connectivity index (χ2n) is 8.92. The summed E-state index contributed by atoms with van der Waals surface area (Å²) < 4.78 is 39.8. The lowest BCUT2D eigenvalue weighted by molar-refractivity contribution is 0.327. The topological polar surface area (TPSA) is 84.9 Å². The van der Waals surface area contributed by atoms with E-state index in [0.717, 1.165) is 28.4 Å². The maximum Gasteiger partial charge on any atom is 0.246 e. The van der Waals surface area contributed by atoms with Crippen LogP contribution in [0.3, 0.4) is 0 Å². The Morgan fingerprint density at radius 1 is 0.861 bits per heavy atom. The molecule has 1 aromatic heterocycles. The summed E-state index contributed by atoms with van der Waals surface area (Å²) in [6.45, 7) is 10.7. The Labute approximate surface area is 213 Å². The second kappa shape index (κ2) is 11.3. The molecule has 4 rings (SSSR count). The molecule has 0 saturated carbocycles. The predicted molar refractivity (Wildman–Crippen MR) is 141 cm³/mol. The van der Waals surface area contributed by atoms with Gasteiger partial charge in [0, 0.05) is 31.7 Å². The minimum Gasteiger partial charge on any atom is -0.494 e. The summed E-state index contributed by atoms with van der Waals surface area (Å²) in [5.74, 6) is 2.18. The predicted octanol–water partition coefficient (Wildman–Crippen LogP) is 4.58. The number of ether oxygens (including phenoxy) is 2. The first-order valence-electron chi connectivity index (χ1n) is 12.4. The molecule has 2 aromatic carbocycles. The number of sulfonamides is 1. The van der Waals surface area contributed by atoms with Crippen molar-refractivity contribution in [3.63, 3.8) is 0 Å². The number of piperazine rings is 1. The van der Waals surface area contributed by atoms with E-state index in [4.69, 9.17) is 9.47 Å². The highest BCUT2D eigenvalue weighted by molar-refractivity contribution is 7.89. The van der Waals surface area contributed by atoms with Crippen molar-refractivity contribution in [2.45, 2.75) is 38.5 Å². The summed E-state index contributed by atoms with van der Waals surface area (Å²) in [4.78, 5) is 2.30. The zero-order valence-corrected chi connectivity index (χ0v) is 22.2. The quantitative estimate of drug-likeness (QED) is 0.417. The van der Waals surface area contributed by atoms with Gasteiger partial charge in [-0.2, -0.15) is 4.31 Å². The largest absolute Gasteiger partial charge is 0.494 e. The number of rotatable bonds is 9. The Kier molecular flexibility index (Phi) is 8.11. The summed E-state index contributed by atoms with van der Waals surface area (Å²) in [5.41, 5.74) is 2.71. The van der Waals surface area contributed by atoms with Gasteiger partial charge in [0.25, 0.3) is 0 Å². The Morgan fingerprint density at radius 2 is 1.56 bits per heavy atom. The van der Waals surface area contributed by atoms with Crippen LogP contribution >= 0.6 is 0 Å². The van der Waals surface area contributed by atoms with Crippen LogP contribution < -0.4 is 14.4 Å². The molecule has 1 aliphatic heterocycles. The average molecular weight is 511 g/mol. The van der Waals surface area contributed by atoms with E-state index in [1.54, 1.807) is 12.1 Å². The van der Waals surface area contributed by atoms with Crippen molar-refractivity contribution >= 4 is 15.8 Å². The van der Waals surface area contributed by atoms with Gasteiger partial charge in [0.2, 0.25) is 10.0 Å². The van der Waals surface area contributed by atoms with Crippen LogP contribution in [0.2, 0.25) is 0 Å². The molecule has 3 aromatic rings. The molecule has 1 saturated heterocycles. The summed E-state index contributed by atoms with van der Waals surface area (Å²) in [6.07, 6.45) is 0. The maximum absolute atomic E-state index is 13.6. The highest BCUT2D eigenvalue weighted by Crippen LogP contribution is 2.31. The fourth-order valence-electron chi connectivity index (χ4n) is 4.19. The van der Waals surface area contributed by atoms with Crippen molar-refractivity contribution in [1.29, 1.82) is 0 Å². The van der Waals surface area contributed by atoms with E-state index in [1.165, 1.54) is 4.31 Å². The molecular formula is C27H34N4O4S. The minimum absolute atomic E-state index is 0.218. The lowest BCUT2D eigenvalue weighted by atomic mass is 10.0.